The van der Waals surface area contributed by atoms with Gasteiger partial charge in [0, 0.05) is 19.1 Å². The number of aliphatic hydroxyl groups is 1. The average molecular weight is 275 g/mol. The Labute approximate surface area is 121 Å². The quantitative estimate of drug-likeness (QED) is 0.855. The molecule has 3 heteroatoms. The minimum atomic E-state index is -0.375. The van der Waals surface area contributed by atoms with Crippen molar-refractivity contribution in [3.63, 3.8) is 0 Å². The first-order valence-electron chi connectivity index (χ1n) is 7.72. The number of aliphatic hydroxyl groups excluding tert-OH is 1. The normalized spacial score (nSPS) is 38.5. The Hall–Kier alpha value is -0.900. The summed E-state index contributed by atoms with van der Waals surface area (Å²) in [5, 5.41) is 10.8. The Morgan fingerprint density at radius 2 is 1.65 bits per heavy atom. The van der Waals surface area contributed by atoms with E-state index in [4.69, 9.17) is 4.74 Å². The van der Waals surface area contributed by atoms with Gasteiger partial charge in [0.1, 0.15) is 0 Å². The molecule has 5 unspecified atom stereocenters. The summed E-state index contributed by atoms with van der Waals surface area (Å²) in [6.45, 7) is 8.34. The Morgan fingerprint density at radius 3 is 2.30 bits per heavy atom. The highest BCUT2D eigenvalue weighted by atomic mass is 16.5. The highest BCUT2D eigenvalue weighted by molar-refractivity contribution is 5.35. The van der Waals surface area contributed by atoms with E-state index in [1.54, 1.807) is 0 Å². The summed E-state index contributed by atoms with van der Waals surface area (Å²) >= 11 is 0. The lowest BCUT2D eigenvalue weighted by molar-refractivity contribution is -0.100. The van der Waals surface area contributed by atoms with Crippen molar-refractivity contribution in [3.8, 4) is 0 Å². The van der Waals surface area contributed by atoms with Crippen LogP contribution in [0, 0.1) is 0 Å². The number of ether oxygens (including phenoxy) is 1. The lowest BCUT2D eigenvalue weighted by atomic mass is 9.78. The van der Waals surface area contributed by atoms with Gasteiger partial charge in [0.25, 0.3) is 0 Å². The Morgan fingerprint density at radius 1 is 1.05 bits per heavy atom. The van der Waals surface area contributed by atoms with Gasteiger partial charge in [0.2, 0.25) is 0 Å². The molecule has 1 N–H and O–H groups in total. The molecule has 0 bridgehead atoms. The molecule has 1 fully saturated rings. The molecule has 1 aromatic rings. The van der Waals surface area contributed by atoms with Crippen LogP contribution in [-0.4, -0.2) is 41.3 Å². The van der Waals surface area contributed by atoms with Crippen molar-refractivity contribution in [2.75, 3.05) is 13.1 Å². The minimum absolute atomic E-state index is 0.216. The van der Waals surface area contributed by atoms with E-state index in [1.165, 1.54) is 5.56 Å². The number of rotatable bonds is 1. The molecule has 20 heavy (non-hydrogen) atoms. The minimum Gasteiger partial charge on any atom is -0.387 e. The van der Waals surface area contributed by atoms with Gasteiger partial charge in [0.15, 0.2) is 0 Å². The van der Waals surface area contributed by atoms with Crippen molar-refractivity contribution in [1.29, 1.82) is 0 Å². The van der Waals surface area contributed by atoms with Crippen molar-refractivity contribution in [3.05, 3.63) is 35.4 Å². The topological polar surface area (TPSA) is 32.7 Å². The lowest BCUT2D eigenvalue weighted by Gasteiger charge is -2.45. The van der Waals surface area contributed by atoms with Gasteiger partial charge in [-0.1, -0.05) is 31.2 Å². The predicted molar refractivity (Wildman–Crippen MR) is 79.8 cm³/mol. The van der Waals surface area contributed by atoms with Crippen LogP contribution in [0.25, 0.3) is 0 Å². The molecule has 0 saturated carbocycles. The number of nitrogens with zero attached hydrogens (tertiary/aromatic N) is 1. The molecule has 0 amide bonds. The molecule has 1 saturated heterocycles. The fourth-order valence-electron chi connectivity index (χ4n) is 3.89. The largest absolute Gasteiger partial charge is 0.387 e. The first-order chi connectivity index (χ1) is 9.56. The molecule has 0 spiro atoms. The summed E-state index contributed by atoms with van der Waals surface area (Å²) in [4.78, 5) is 2.43. The van der Waals surface area contributed by atoms with Crippen molar-refractivity contribution >= 4 is 0 Å². The van der Waals surface area contributed by atoms with Crippen LogP contribution in [-0.2, 0) is 4.74 Å². The number of fused-ring (bicyclic) bond motifs is 1. The van der Waals surface area contributed by atoms with E-state index in [-0.39, 0.29) is 24.4 Å². The summed E-state index contributed by atoms with van der Waals surface area (Å²) in [5.41, 5.74) is 2.42. The Bertz CT molecular complexity index is 466. The molecule has 1 aliphatic heterocycles. The Kier molecular flexibility index (Phi) is 3.85. The molecule has 1 heterocycles. The van der Waals surface area contributed by atoms with Crippen LogP contribution >= 0.6 is 0 Å². The molecule has 0 aromatic heterocycles. The molecule has 5 atom stereocenters. The SMILES string of the molecule is CC1CN(C2CC(C)c3ccccc3C2O)CC(C)O1. The van der Waals surface area contributed by atoms with E-state index in [9.17, 15) is 5.11 Å². The van der Waals surface area contributed by atoms with Crippen LogP contribution in [0.4, 0.5) is 0 Å². The summed E-state index contributed by atoms with van der Waals surface area (Å²) in [6.07, 6.45) is 1.15. The number of hydrogen-bond donors (Lipinski definition) is 1. The van der Waals surface area contributed by atoms with Gasteiger partial charge in [-0.05, 0) is 37.3 Å². The maximum absolute atomic E-state index is 10.8. The summed E-state index contributed by atoms with van der Waals surface area (Å²) in [7, 11) is 0. The second-order valence-electron chi connectivity index (χ2n) is 6.49. The van der Waals surface area contributed by atoms with Crippen molar-refractivity contribution in [1.82, 2.24) is 4.90 Å². The second kappa shape index (κ2) is 5.47. The average Bonchev–Trinajstić information content (AvgIpc) is 2.42. The van der Waals surface area contributed by atoms with E-state index in [0.717, 1.165) is 25.1 Å². The van der Waals surface area contributed by atoms with E-state index in [2.05, 4.69) is 43.9 Å². The summed E-state index contributed by atoms with van der Waals surface area (Å²) in [5.74, 6) is 0.507. The fourth-order valence-corrected chi connectivity index (χ4v) is 3.89. The number of benzene rings is 1. The second-order valence-corrected chi connectivity index (χ2v) is 6.49. The van der Waals surface area contributed by atoms with E-state index >= 15 is 0 Å². The highest BCUT2D eigenvalue weighted by Crippen LogP contribution is 2.40. The monoisotopic (exact) mass is 275 g/mol. The molecular weight excluding hydrogens is 250 g/mol. The smallest absolute Gasteiger partial charge is 0.0948 e. The molecule has 3 nitrogen and oxygen atoms in total. The number of hydrogen-bond acceptors (Lipinski definition) is 3. The van der Waals surface area contributed by atoms with Crippen LogP contribution in [0.3, 0.4) is 0 Å². The molecular formula is C17H25NO2. The maximum Gasteiger partial charge on any atom is 0.0948 e. The van der Waals surface area contributed by atoms with Gasteiger partial charge in [0.05, 0.1) is 18.3 Å². The standard InChI is InChI=1S/C17H25NO2/c1-11-8-16(18-9-12(2)20-13(3)10-18)17(19)15-7-5-4-6-14(11)15/h4-7,11-13,16-17,19H,8-10H2,1-3H3. The van der Waals surface area contributed by atoms with Gasteiger partial charge in [-0.3, -0.25) is 4.90 Å². The van der Waals surface area contributed by atoms with Crippen LogP contribution in [0.15, 0.2) is 24.3 Å². The van der Waals surface area contributed by atoms with Gasteiger partial charge in [-0.25, -0.2) is 0 Å². The third-order valence-corrected chi connectivity index (χ3v) is 4.72. The number of morpholine rings is 1. The third kappa shape index (κ3) is 2.50. The van der Waals surface area contributed by atoms with Gasteiger partial charge < -0.3 is 9.84 Å². The zero-order valence-corrected chi connectivity index (χ0v) is 12.6. The van der Waals surface area contributed by atoms with Gasteiger partial charge in [-0.2, -0.15) is 0 Å². The van der Waals surface area contributed by atoms with E-state index < -0.39 is 0 Å². The van der Waals surface area contributed by atoms with Crippen molar-refractivity contribution in [2.24, 2.45) is 0 Å². The highest BCUT2D eigenvalue weighted by Gasteiger charge is 2.37. The summed E-state index contributed by atoms with van der Waals surface area (Å²) in [6, 6.07) is 8.55. The molecule has 2 aliphatic rings. The molecule has 1 aliphatic carbocycles. The molecule has 110 valence electrons. The van der Waals surface area contributed by atoms with Crippen LogP contribution < -0.4 is 0 Å². The Balaban J connectivity index is 1.85. The van der Waals surface area contributed by atoms with Gasteiger partial charge >= 0.3 is 0 Å². The lowest BCUT2D eigenvalue weighted by Crippen LogP contribution is -2.53. The van der Waals surface area contributed by atoms with Gasteiger partial charge in [-0.15, -0.1) is 0 Å². The third-order valence-electron chi connectivity index (χ3n) is 4.72. The van der Waals surface area contributed by atoms with Crippen LogP contribution in [0.2, 0.25) is 0 Å². The van der Waals surface area contributed by atoms with Crippen molar-refractivity contribution < 1.29 is 9.84 Å². The van der Waals surface area contributed by atoms with Crippen LogP contribution in [0.1, 0.15) is 50.3 Å². The molecule has 1 aromatic carbocycles. The first-order valence-corrected chi connectivity index (χ1v) is 7.72. The van der Waals surface area contributed by atoms with E-state index in [0.29, 0.717) is 5.92 Å². The van der Waals surface area contributed by atoms with Crippen LogP contribution in [0.5, 0.6) is 0 Å². The maximum atomic E-state index is 10.8. The zero-order chi connectivity index (χ0) is 14.3. The van der Waals surface area contributed by atoms with Crippen molar-refractivity contribution in [2.45, 2.75) is 57.5 Å². The zero-order valence-electron chi connectivity index (χ0n) is 12.6. The molecule has 0 radical (unpaired) electrons. The van der Waals surface area contributed by atoms with E-state index in [1.807, 2.05) is 6.07 Å². The predicted octanol–water partition coefficient (Wildman–Crippen LogP) is 2.71. The summed E-state index contributed by atoms with van der Waals surface area (Å²) < 4.78 is 5.82. The molecule has 3 rings (SSSR count). The first kappa shape index (κ1) is 14.1. The fraction of sp³-hybridized carbons (Fsp3) is 0.647.